The number of unbranched alkanes of at least 4 members (excludes halogenated alkanes) is 7. The van der Waals surface area contributed by atoms with E-state index in [-0.39, 0.29) is 0 Å². The topological polar surface area (TPSA) is 0 Å². The highest BCUT2D eigenvalue weighted by Crippen LogP contribution is 2.26. The summed E-state index contributed by atoms with van der Waals surface area (Å²) in [7, 11) is 0. The zero-order valence-electron chi connectivity index (χ0n) is 10.6. The molecule has 0 atom stereocenters. The third kappa shape index (κ3) is 4.80. The van der Waals surface area contributed by atoms with E-state index in [9.17, 15) is 0 Å². The first-order valence-electron chi connectivity index (χ1n) is 6.69. The van der Waals surface area contributed by atoms with Crippen LogP contribution in [0.3, 0.4) is 0 Å². The Morgan fingerprint density at radius 3 is 1.88 bits per heavy atom. The maximum Gasteiger partial charge on any atom is 0.0697 e. The number of rotatable bonds is 9. The van der Waals surface area contributed by atoms with Gasteiger partial charge in [0.25, 0.3) is 0 Å². The Kier molecular flexibility index (Phi) is 7.56. The molecule has 0 saturated heterocycles. The van der Waals surface area contributed by atoms with Gasteiger partial charge < -0.3 is 0 Å². The smallest absolute Gasteiger partial charge is 0.0697 e. The Labute approximate surface area is 121 Å². The molecular weight excluding hydrogens is 264 g/mol. The highest BCUT2D eigenvalue weighted by Gasteiger charge is 2.10. The first-order valence-corrected chi connectivity index (χ1v) is 7.96. The second kappa shape index (κ2) is 8.39. The molecule has 0 nitrogen and oxygen atoms in total. The number of thiol groups is 1. The third-order valence-corrected chi connectivity index (χ3v) is 4.89. The van der Waals surface area contributed by atoms with E-state index >= 15 is 0 Å². The molecule has 0 radical (unpaired) electrons. The summed E-state index contributed by atoms with van der Waals surface area (Å²) >= 11 is 14.7. The monoisotopic (exact) mass is 286 g/mol. The van der Waals surface area contributed by atoms with E-state index in [1.165, 1.54) is 56.9 Å². The van der Waals surface area contributed by atoms with E-state index in [1.807, 2.05) is 0 Å². The standard InChI is InChI=1S/C14H22S3/c1-2-3-4-5-6-7-8-9-10-11-12(15)14(17)13(11)16/h15H,2-10H2,1H3. The fraction of sp³-hybridized carbons (Fsp3) is 0.714. The molecule has 1 rings (SSSR count). The first-order chi connectivity index (χ1) is 8.18. The van der Waals surface area contributed by atoms with Crippen LogP contribution in [0.4, 0.5) is 0 Å². The summed E-state index contributed by atoms with van der Waals surface area (Å²) in [5, 5.41) is 0. The lowest BCUT2D eigenvalue weighted by Gasteiger charge is -2.09. The zero-order valence-corrected chi connectivity index (χ0v) is 13.2. The molecule has 0 aliphatic heterocycles. The molecule has 0 saturated carbocycles. The Hall–Kier alpha value is 0.270. The van der Waals surface area contributed by atoms with Crippen molar-refractivity contribution in [3.63, 3.8) is 0 Å². The quantitative estimate of drug-likeness (QED) is 0.336. The maximum absolute atomic E-state index is 5.21. The fourth-order valence-corrected chi connectivity index (χ4v) is 3.13. The van der Waals surface area contributed by atoms with Crippen LogP contribution in [0.2, 0.25) is 0 Å². The molecular formula is C14H22S3. The molecule has 0 N–H and O–H groups in total. The predicted molar refractivity (Wildman–Crippen MR) is 84.0 cm³/mol. The van der Waals surface area contributed by atoms with Crippen molar-refractivity contribution in [1.29, 1.82) is 0 Å². The van der Waals surface area contributed by atoms with E-state index < -0.39 is 0 Å². The van der Waals surface area contributed by atoms with E-state index in [0.717, 1.165) is 20.3 Å². The van der Waals surface area contributed by atoms with Gasteiger partial charge in [0.15, 0.2) is 0 Å². The van der Waals surface area contributed by atoms with Crippen molar-refractivity contribution >= 4 is 37.1 Å². The van der Waals surface area contributed by atoms with E-state index in [2.05, 4.69) is 19.6 Å². The summed E-state index contributed by atoms with van der Waals surface area (Å²) in [4.78, 5) is 0.980. The van der Waals surface area contributed by atoms with Gasteiger partial charge in [0.05, 0.1) is 9.02 Å². The average molecular weight is 287 g/mol. The highest BCUT2D eigenvalue weighted by molar-refractivity contribution is 7.81. The Bertz CT molecular complexity index is 399. The molecule has 0 aromatic heterocycles. The molecule has 0 bridgehead atoms. The van der Waals surface area contributed by atoms with Crippen LogP contribution in [0, 0.1) is 9.02 Å². The minimum Gasteiger partial charge on any atom is -0.142 e. The lowest BCUT2D eigenvalue weighted by molar-refractivity contribution is 0.574. The maximum atomic E-state index is 5.21. The molecule has 0 aliphatic carbocycles. The second-order valence-electron chi connectivity index (χ2n) is 4.71. The molecule has 3 heteroatoms. The lowest BCUT2D eigenvalue weighted by atomic mass is 10.0. The van der Waals surface area contributed by atoms with Crippen LogP contribution in [0.15, 0.2) is 4.90 Å². The van der Waals surface area contributed by atoms with Crippen molar-refractivity contribution < 1.29 is 0 Å². The molecule has 0 aliphatic rings. The second-order valence-corrected chi connectivity index (χ2v) is 5.97. The summed E-state index contributed by atoms with van der Waals surface area (Å²) in [6.07, 6.45) is 11.9. The summed E-state index contributed by atoms with van der Waals surface area (Å²) in [6, 6.07) is 0. The Balaban J connectivity index is 2.02. The van der Waals surface area contributed by atoms with Gasteiger partial charge >= 0.3 is 0 Å². The predicted octanol–water partition coefficient (Wildman–Crippen LogP) is 5.99. The first kappa shape index (κ1) is 15.3. The van der Waals surface area contributed by atoms with Crippen LogP contribution in [-0.4, -0.2) is 0 Å². The summed E-state index contributed by atoms with van der Waals surface area (Å²) < 4.78 is 1.70. The molecule has 0 heterocycles. The minimum absolute atomic E-state index is 0.804. The van der Waals surface area contributed by atoms with Gasteiger partial charge in [-0.25, -0.2) is 0 Å². The largest absolute Gasteiger partial charge is 0.142 e. The van der Waals surface area contributed by atoms with Crippen molar-refractivity contribution in [2.75, 3.05) is 0 Å². The van der Waals surface area contributed by atoms with Crippen LogP contribution in [0.25, 0.3) is 0 Å². The number of hydrogen-bond acceptors (Lipinski definition) is 3. The van der Waals surface area contributed by atoms with Crippen LogP contribution < -0.4 is 0 Å². The van der Waals surface area contributed by atoms with Crippen LogP contribution in [-0.2, 0) is 6.42 Å². The molecule has 17 heavy (non-hydrogen) atoms. The molecule has 1 aromatic carbocycles. The van der Waals surface area contributed by atoms with Gasteiger partial charge in [-0.1, -0.05) is 76.3 Å². The summed E-state index contributed by atoms with van der Waals surface area (Å²) in [5.74, 6) is 0. The van der Waals surface area contributed by atoms with Crippen molar-refractivity contribution in [1.82, 2.24) is 0 Å². The van der Waals surface area contributed by atoms with Crippen LogP contribution in [0.1, 0.15) is 63.9 Å². The van der Waals surface area contributed by atoms with Gasteiger partial charge in [-0.2, -0.15) is 0 Å². The molecule has 0 spiro atoms. The molecule has 96 valence electrons. The number of hydrogen-bond donors (Lipinski definition) is 1. The summed E-state index contributed by atoms with van der Waals surface area (Å²) in [5.41, 5.74) is 1.24. The Morgan fingerprint density at radius 1 is 0.824 bits per heavy atom. The van der Waals surface area contributed by atoms with Gasteiger partial charge in [-0.3, -0.25) is 0 Å². The van der Waals surface area contributed by atoms with Crippen LogP contribution in [0.5, 0.6) is 0 Å². The molecule has 0 fully saturated rings. The normalized spacial score (nSPS) is 11.2. The molecule has 0 unspecified atom stereocenters. The van der Waals surface area contributed by atoms with Gasteiger partial charge in [-0.05, 0) is 18.4 Å². The van der Waals surface area contributed by atoms with Crippen molar-refractivity contribution in [2.45, 2.75) is 69.6 Å². The fourth-order valence-electron chi connectivity index (χ4n) is 2.09. The van der Waals surface area contributed by atoms with E-state index in [4.69, 9.17) is 24.4 Å². The van der Waals surface area contributed by atoms with E-state index in [0.29, 0.717) is 0 Å². The van der Waals surface area contributed by atoms with Crippen LogP contribution >= 0.6 is 37.1 Å². The third-order valence-electron chi connectivity index (χ3n) is 3.26. The Morgan fingerprint density at radius 2 is 1.35 bits per heavy atom. The van der Waals surface area contributed by atoms with E-state index in [1.54, 1.807) is 0 Å². The van der Waals surface area contributed by atoms with Crippen molar-refractivity contribution in [2.24, 2.45) is 0 Å². The van der Waals surface area contributed by atoms with Gasteiger partial charge in [0, 0.05) is 4.90 Å². The van der Waals surface area contributed by atoms with Gasteiger partial charge in [-0.15, -0.1) is 12.6 Å². The van der Waals surface area contributed by atoms with Crippen molar-refractivity contribution in [3.8, 4) is 0 Å². The summed E-state index contributed by atoms with van der Waals surface area (Å²) in [6.45, 7) is 2.26. The minimum atomic E-state index is 0.804. The highest BCUT2D eigenvalue weighted by atomic mass is 32.1. The molecule has 0 amide bonds. The lowest BCUT2D eigenvalue weighted by Crippen LogP contribution is -1.95. The van der Waals surface area contributed by atoms with Gasteiger partial charge in [0.1, 0.15) is 0 Å². The average Bonchev–Trinajstić information content (AvgIpc) is 2.35. The SMILES string of the molecule is CCCCCCCCCCc1c(S)c(=S)c1=S. The molecule has 1 aromatic rings. The zero-order chi connectivity index (χ0) is 12.7. The van der Waals surface area contributed by atoms with Gasteiger partial charge in [0.2, 0.25) is 0 Å². The van der Waals surface area contributed by atoms with Crippen molar-refractivity contribution in [3.05, 3.63) is 14.6 Å².